The zero-order valence-electron chi connectivity index (χ0n) is 15.9. The fourth-order valence-corrected chi connectivity index (χ4v) is 3.84. The number of morpholine rings is 2. The number of hydrogen-bond acceptors (Lipinski definition) is 6. The SMILES string of the molecule is c1cc(-c2cc3cnc(CN4CCOCC4)nc3[nH]2)cc(N2CCOCC2)c1. The van der Waals surface area contributed by atoms with Gasteiger partial charge in [-0.1, -0.05) is 12.1 Å². The summed E-state index contributed by atoms with van der Waals surface area (Å²) in [6, 6.07) is 10.8. The molecule has 2 aromatic heterocycles. The molecule has 5 rings (SSSR count). The Balaban J connectivity index is 1.38. The van der Waals surface area contributed by atoms with Gasteiger partial charge in [0.15, 0.2) is 0 Å². The first-order chi connectivity index (χ1) is 13.8. The Morgan fingerprint density at radius 1 is 0.964 bits per heavy atom. The van der Waals surface area contributed by atoms with Crippen LogP contribution in [0.4, 0.5) is 5.69 Å². The van der Waals surface area contributed by atoms with E-state index in [0.29, 0.717) is 0 Å². The number of aromatic amines is 1. The monoisotopic (exact) mass is 379 g/mol. The summed E-state index contributed by atoms with van der Waals surface area (Å²) < 4.78 is 10.9. The summed E-state index contributed by atoms with van der Waals surface area (Å²) in [7, 11) is 0. The predicted molar refractivity (Wildman–Crippen MR) is 108 cm³/mol. The number of fused-ring (bicyclic) bond motifs is 1. The molecule has 0 spiro atoms. The zero-order valence-corrected chi connectivity index (χ0v) is 15.9. The lowest BCUT2D eigenvalue weighted by Gasteiger charge is -2.29. The third-order valence-corrected chi connectivity index (χ3v) is 5.42. The van der Waals surface area contributed by atoms with Crippen LogP contribution in [0.2, 0.25) is 0 Å². The molecule has 0 saturated carbocycles. The third kappa shape index (κ3) is 3.73. The molecule has 146 valence electrons. The van der Waals surface area contributed by atoms with Crippen LogP contribution in [0.3, 0.4) is 0 Å². The standard InChI is InChI=1S/C21H25N5O2/c1-2-16(12-18(3-1)26-6-10-28-11-7-26)19-13-17-14-22-20(24-21(17)23-19)15-25-4-8-27-9-5-25/h1-3,12-14H,4-11,15H2,(H,22,23,24). The third-order valence-electron chi connectivity index (χ3n) is 5.42. The van der Waals surface area contributed by atoms with Crippen molar-refractivity contribution in [1.82, 2.24) is 19.9 Å². The molecule has 3 aromatic rings. The van der Waals surface area contributed by atoms with Gasteiger partial charge in [-0.25, -0.2) is 9.97 Å². The van der Waals surface area contributed by atoms with Gasteiger partial charge >= 0.3 is 0 Å². The summed E-state index contributed by atoms with van der Waals surface area (Å²) >= 11 is 0. The largest absolute Gasteiger partial charge is 0.379 e. The molecular formula is C21H25N5O2. The highest BCUT2D eigenvalue weighted by Gasteiger charge is 2.15. The molecule has 2 aliphatic heterocycles. The second-order valence-electron chi connectivity index (χ2n) is 7.31. The molecule has 0 radical (unpaired) electrons. The number of hydrogen-bond donors (Lipinski definition) is 1. The van der Waals surface area contributed by atoms with E-state index in [4.69, 9.17) is 14.5 Å². The molecule has 1 N–H and O–H groups in total. The summed E-state index contributed by atoms with van der Waals surface area (Å²) in [4.78, 5) is 17.5. The maximum absolute atomic E-state index is 5.47. The van der Waals surface area contributed by atoms with Crippen LogP contribution in [0.25, 0.3) is 22.3 Å². The van der Waals surface area contributed by atoms with Gasteiger partial charge in [0.1, 0.15) is 11.5 Å². The fourth-order valence-electron chi connectivity index (χ4n) is 3.84. The Hall–Kier alpha value is -2.48. The van der Waals surface area contributed by atoms with Gasteiger partial charge in [-0.15, -0.1) is 0 Å². The van der Waals surface area contributed by atoms with Crippen molar-refractivity contribution in [3.8, 4) is 11.3 Å². The van der Waals surface area contributed by atoms with E-state index in [1.54, 1.807) is 0 Å². The maximum Gasteiger partial charge on any atom is 0.144 e. The highest BCUT2D eigenvalue weighted by Crippen LogP contribution is 2.27. The van der Waals surface area contributed by atoms with Crippen LogP contribution in [0.1, 0.15) is 5.82 Å². The molecule has 0 aliphatic carbocycles. The van der Waals surface area contributed by atoms with Crippen molar-refractivity contribution in [2.75, 3.05) is 57.5 Å². The van der Waals surface area contributed by atoms with Crippen molar-refractivity contribution in [2.24, 2.45) is 0 Å². The van der Waals surface area contributed by atoms with Crippen molar-refractivity contribution in [3.63, 3.8) is 0 Å². The topological polar surface area (TPSA) is 66.5 Å². The molecule has 2 aliphatic rings. The highest BCUT2D eigenvalue weighted by atomic mass is 16.5. The average Bonchev–Trinajstić information content (AvgIpc) is 3.19. The second-order valence-corrected chi connectivity index (χ2v) is 7.31. The maximum atomic E-state index is 5.47. The van der Waals surface area contributed by atoms with E-state index in [9.17, 15) is 0 Å². The molecule has 4 heterocycles. The smallest absolute Gasteiger partial charge is 0.144 e. The van der Waals surface area contributed by atoms with E-state index in [0.717, 1.165) is 87.3 Å². The van der Waals surface area contributed by atoms with Crippen LogP contribution in [0.15, 0.2) is 36.5 Å². The van der Waals surface area contributed by atoms with E-state index < -0.39 is 0 Å². The molecule has 0 bridgehead atoms. The van der Waals surface area contributed by atoms with E-state index in [-0.39, 0.29) is 0 Å². The quantitative estimate of drug-likeness (QED) is 0.750. The molecule has 0 atom stereocenters. The van der Waals surface area contributed by atoms with Crippen LogP contribution in [0.5, 0.6) is 0 Å². The van der Waals surface area contributed by atoms with Gasteiger partial charge in [0.2, 0.25) is 0 Å². The second kappa shape index (κ2) is 7.87. The molecule has 0 amide bonds. The Morgan fingerprint density at radius 3 is 2.57 bits per heavy atom. The van der Waals surface area contributed by atoms with Gasteiger partial charge in [-0.2, -0.15) is 0 Å². The van der Waals surface area contributed by atoms with Crippen molar-refractivity contribution in [3.05, 3.63) is 42.4 Å². The molecule has 1 aromatic carbocycles. The van der Waals surface area contributed by atoms with Crippen LogP contribution in [-0.4, -0.2) is 72.5 Å². The van der Waals surface area contributed by atoms with Crippen molar-refractivity contribution in [1.29, 1.82) is 0 Å². The molecule has 7 nitrogen and oxygen atoms in total. The molecule has 7 heteroatoms. The Bertz CT molecular complexity index is 945. The van der Waals surface area contributed by atoms with E-state index in [2.05, 4.69) is 50.1 Å². The van der Waals surface area contributed by atoms with Crippen LogP contribution < -0.4 is 4.90 Å². The first-order valence-electron chi connectivity index (χ1n) is 9.93. The minimum Gasteiger partial charge on any atom is -0.379 e. The number of benzene rings is 1. The number of nitrogens with zero attached hydrogens (tertiary/aromatic N) is 4. The van der Waals surface area contributed by atoms with Crippen molar-refractivity contribution < 1.29 is 9.47 Å². The summed E-state index contributed by atoms with van der Waals surface area (Å²) in [5, 5.41) is 1.04. The Morgan fingerprint density at radius 2 is 1.75 bits per heavy atom. The summed E-state index contributed by atoms with van der Waals surface area (Å²) in [6.07, 6.45) is 1.92. The number of rotatable bonds is 4. The van der Waals surface area contributed by atoms with Crippen molar-refractivity contribution in [2.45, 2.75) is 6.54 Å². The molecule has 28 heavy (non-hydrogen) atoms. The van der Waals surface area contributed by atoms with E-state index in [1.807, 2.05) is 6.20 Å². The highest BCUT2D eigenvalue weighted by molar-refractivity contribution is 5.83. The van der Waals surface area contributed by atoms with Gasteiger partial charge in [-0.3, -0.25) is 4.90 Å². The minimum atomic E-state index is 0.764. The Kier molecular flexibility index (Phi) is 4.95. The van der Waals surface area contributed by atoms with E-state index in [1.165, 1.54) is 5.69 Å². The van der Waals surface area contributed by atoms with Gasteiger partial charge < -0.3 is 19.4 Å². The van der Waals surface area contributed by atoms with Gasteiger partial charge in [0.05, 0.1) is 33.0 Å². The van der Waals surface area contributed by atoms with Gasteiger partial charge in [-0.05, 0) is 18.2 Å². The van der Waals surface area contributed by atoms with E-state index >= 15 is 0 Å². The van der Waals surface area contributed by atoms with Crippen molar-refractivity contribution >= 4 is 16.7 Å². The lowest BCUT2D eigenvalue weighted by Crippen LogP contribution is -2.36. The molecule has 2 fully saturated rings. The number of nitrogens with one attached hydrogen (secondary N) is 1. The molecule has 0 unspecified atom stereocenters. The van der Waals surface area contributed by atoms with Gasteiger partial charge in [0.25, 0.3) is 0 Å². The Labute approximate surface area is 164 Å². The van der Waals surface area contributed by atoms with Crippen LogP contribution >= 0.6 is 0 Å². The zero-order chi connectivity index (χ0) is 18.8. The molecular weight excluding hydrogens is 354 g/mol. The predicted octanol–water partition coefficient (Wildman–Crippen LogP) is 2.29. The van der Waals surface area contributed by atoms with Crippen LogP contribution in [-0.2, 0) is 16.0 Å². The first kappa shape index (κ1) is 17.6. The van der Waals surface area contributed by atoms with Crippen LogP contribution in [0, 0.1) is 0 Å². The number of H-pyrrole nitrogens is 1. The number of ether oxygens (including phenoxy) is 2. The fraction of sp³-hybridized carbons (Fsp3) is 0.429. The van der Waals surface area contributed by atoms with Gasteiger partial charge in [0, 0.05) is 54.7 Å². The minimum absolute atomic E-state index is 0.764. The lowest BCUT2D eigenvalue weighted by molar-refractivity contribution is 0.0331. The summed E-state index contributed by atoms with van der Waals surface area (Å²) in [6.45, 7) is 7.66. The number of aromatic nitrogens is 3. The summed E-state index contributed by atoms with van der Waals surface area (Å²) in [5.41, 5.74) is 4.36. The normalized spacial score (nSPS) is 18.6. The lowest BCUT2D eigenvalue weighted by atomic mass is 10.1. The molecule has 2 saturated heterocycles. The summed E-state index contributed by atoms with van der Waals surface area (Å²) in [5.74, 6) is 0.852. The first-order valence-corrected chi connectivity index (χ1v) is 9.93. The average molecular weight is 379 g/mol. The number of anilines is 1.